The second kappa shape index (κ2) is 9.90. The van der Waals surface area contributed by atoms with Crippen molar-refractivity contribution in [2.45, 2.75) is 24.7 Å². The Morgan fingerprint density at radius 3 is 2.53 bits per heavy atom. The number of anilines is 2. The van der Waals surface area contributed by atoms with Crippen molar-refractivity contribution >= 4 is 33.3 Å². The lowest BCUT2D eigenvalue weighted by molar-refractivity contribution is -0.148. The zero-order chi connectivity index (χ0) is 23.3. The first-order valence-electron chi connectivity index (χ1n) is 10.2. The van der Waals surface area contributed by atoms with Gasteiger partial charge in [-0.25, -0.2) is 13.2 Å². The van der Waals surface area contributed by atoms with Gasteiger partial charge in [-0.2, -0.15) is 0 Å². The third-order valence-corrected chi connectivity index (χ3v) is 6.62. The summed E-state index contributed by atoms with van der Waals surface area (Å²) in [7, 11) is -2.52. The summed E-state index contributed by atoms with van der Waals surface area (Å²) in [6, 6.07) is 10.1. The van der Waals surface area contributed by atoms with Crippen LogP contribution in [0.1, 0.15) is 30.1 Å². The van der Waals surface area contributed by atoms with Crippen LogP contribution in [0.3, 0.4) is 0 Å². The molecule has 10 heteroatoms. The van der Waals surface area contributed by atoms with Crippen LogP contribution < -0.4 is 14.4 Å². The van der Waals surface area contributed by atoms with Crippen molar-refractivity contribution in [2.75, 3.05) is 36.4 Å². The number of rotatable bonds is 8. The molecule has 0 radical (unpaired) electrons. The fourth-order valence-electron chi connectivity index (χ4n) is 3.63. The molecule has 2 N–H and O–H groups in total. The minimum absolute atomic E-state index is 0.00743. The van der Waals surface area contributed by atoms with Crippen LogP contribution in [0.5, 0.6) is 5.75 Å². The Bertz CT molecular complexity index is 1080. The van der Waals surface area contributed by atoms with Gasteiger partial charge in [0.2, 0.25) is 0 Å². The number of carbonyl (C=O) groups excluding carboxylic acids is 1. The van der Waals surface area contributed by atoms with Crippen LogP contribution in [0.15, 0.2) is 47.4 Å². The van der Waals surface area contributed by atoms with E-state index in [1.54, 1.807) is 13.0 Å². The van der Waals surface area contributed by atoms with Gasteiger partial charge < -0.3 is 19.5 Å². The molecule has 172 valence electrons. The molecule has 0 saturated carbocycles. The van der Waals surface area contributed by atoms with E-state index >= 15 is 0 Å². The fourth-order valence-corrected chi connectivity index (χ4v) is 4.70. The highest BCUT2D eigenvalue weighted by Gasteiger charge is 2.29. The van der Waals surface area contributed by atoms with Gasteiger partial charge in [0.25, 0.3) is 10.0 Å². The van der Waals surface area contributed by atoms with Crippen molar-refractivity contribution in [3.8, 4) is 5.75 Å². The van der Waals surface area contributed by atoms with Crippen molar-refractivity contribution in [1.82, 2.24) is 0 Å². The molecule has 1 saturated heterocycles. The Kier molecular flexibility index (Phi) is 7.24. The van der Waals surface area contributed by atoms with Crippen LogP contribution in [0.25, 0.3) is 0 Å². The number of nitrogens with one attached hydrogen (secondary N) is 1. The smallest absolute Gasteiger partial charge is 0.335 e. The van der Waals surface area contributed by atoms with Crippen LogP contribution in [0.2, 0.25) is 0 Å². The number of hydrogen-bond donors (Lipinski definition) is 2. The predicted octanol–water partition coefficient (Wildman–Crippen LogP) is 2.97. The Morgan fingerprint density at radius 2 is 1.91 bits per heavy atom. The van der Waals surface area contributed by atoms with E-state index in [1.165, 1.54) is 43.5 Å². The predicted molar refractivity (Wildman–Crippen MR) is 119 cm³/mol. The molecule has 1 fully saturated rings. The number of carbonyl (C=O) groups is 2. The number of hydrogen-bond acceptors (Lipinski definition) is 7. The van der Waals surface area contributed by atoms with Crippen molar-refractivity contribution in [1.29, 1.82) is 0 Å². The lowest BCUT2D eigenvalue weighted by Gasteiger charge is -2.34. The number of carboxylic acid groups (broad SMARTS) is 1. The Hall–Kier alpha value is -3.27. The summed E-state index contributed by atoms with van der Waals surface area (Å²) in [6.07, 6.45) is 1.39. The number of piperidine rings is 1. The van der Waals surface area contributed by atoms with Gasteiger partial charge in [-0.1, -0.05) is 0 Å². The molecule has 2 aromatic carbocycles. The first kappa shape index (κ1) is 23.4. The van der Waals surface area contributed by atoms with Gasteiger partial charge in [0.15, 0.2) is 0 Å². The number of esters is 1. The molecule has 0 bridgehead atoms. The molecular weight excluding hydrogens is 436 g/mol. The Labute approximate surface area is 187 Å². The molecule has 1 unspecified atom stereocenters. The number of methoxy groups -OCH3 is 1. The van der Waals surface area contributed by atoms with Crippen molar-refractivity contribution in [3.05, 3.63) is 48.0 Å². The molecule has 0 aromatic heterocycles. The summed E-state index contributed by atoms with van der Waals surface area (Å²) in [6.45, 7) is 2.98. The summed E-state index contributed by atoms with van der Waals surface area (Å²) in [5.41, 5.74) is 0.575. The lowest BCUT2D eigenvalue weighted by atomic mass is 9.97. The van der Waals surface area contributed by atoms with E-state index in [4.69, 9.17) is 9.47 Å². The van der Waals surface area contributed by atoms with Gasteiger partial charge in [-0.05, 0) is 62.2 Å². The molecular formula is C22H26N2O7S. The molecule has 1 aliphatic heterocycles. The maximum Gasteiger partial charge on any atom is 0.335 e. The number of nitrogens with zero attached hydrogens (tertiary/aromatic N) is 1. The average Bonchev–Trinajstić information content (AvgIpc) is 2.79. The van der Waals surface area contributed by atoms with Crippen LogP contribution in [0.4, 0.5) is 11.4 Å². The molecule has 2 aromatic rings. The molecule has 1 heterocycles. The molecule has 1 aliphatic rings. The molecule has 32 heavy (non-hydrogen) atoms. The Morgan fingerprint density at radius 1 is 1.19 bits per heavy atom. The lowest BCUT2D eigenvalue weighted by Crippen LogP contribution is -2.39. The van der Waals surface area contributed by atoms with Crippen LogP contribution in [-0.2, 0) is 19.6 Å². The third kappa shape index (κ3) is 5.31. The SMILES string of the molecule is CCOC(=O)C1CCCN(c2ccc(C(=O)O)cc2NS(=O)(=O)c2ccc(OC)cc2)C1. The van der Waals surface area contributed by atoms with Crippen molar-refractivity contribution in [2.24, 2.45) is 5.92 Å². The van der Waals surface area contributed by atoms with E-state index in [9.17, 15) is 23.1 Å². The Balaban J connectivity index is 1.94. The first-order chi connectivity index (χ1) is 15.2. The second-order valence-electron chi connectivity index (χ2n) is 7.36. The largest absolute Gasteiger partial charge is 0.497 e. The van der Waals surface area contributed by atoms with Gasteiger partial charge in [-0.15, -0.1) is 0 Å². The van der Waals surface area contributed by atoms with E-state index in [2.05, 4.69) is 4.72 Å². The highest BCUT2D eigenvalue weighted by Crippen LogP contribution is 2.33. The van der Waals surface area contributed by atoms with Gasteiger partial charge in [0, 0.05) is 13.1 Å². The molecule has 1 atom stereocenters. The average molecular weight is 463 g/mol. The normalized spacial score (nSPS) is 16.3. The maximum atomic E-state index is 13.0. The standard InChI is InChI=1S/C22H26N2O7S/c1-3-31-22(27)16-5-4-12-24(14-16)20-11-6-15(21(25)26)13-19(20)23-32(28,29)18-9-7-17(30-2)8-10-18/h6-11,13,16,23H,3-5,12,14H2,1-2H3,(H,25,26). The van der Waals surface area contributed by atoms with Crippen LogP contribution >= 0.6 is 0 Å². The third-order valence-electron chi connectivity index (χ3n) is 5.24. The molecule has 3 rings (SSSR count). The van der Waals surface area contributed by atoms with E-state index in [0.29, 0.717) is 30.9 Å². The minimum Gasteiger partial charge on any atom is -0.497 e. The first-order valence-corrected chi connectivity index (χ1v) is 11.7. The zero-order valence-corrected chi connectivity index (χ0v) is 18.7. The summed E-state index contributed by atoms with van der Waals surface area (Å²) >= 11 is 0. The topological polar surface area (TPSA) is 122 Å². The number of benzene rings is 2. The summed E-state index contributed by atoms with van der Waals surface area (Å²) in [5.74, 6) is -1.30. The summed E-state index contributed by atoms with van der Waals surface area (Å²) in [4.78, 5) is 25.6. The van der Waals surface area contributed by atoms with E-state index in [-0.39, 0.29) is 34.6 Å². The summed E-state index contributed by atoms with van der Waals surface area (Å²) < 4.78 is 38.7. The monoisotopic (exact) mass is 462 g/mol. The fraction of sp³-hybridized carbons (Fsp3) is 0.364. The van der Waals surface area contributed by atoms with Gasteiger partial charge in [-0.3, -0.25) is 9.52 Å². The second-order valence-corrected chi connectivity index (χ2v) is 9.04. The number of sulfonamides is 1. The summed E-state index contributed by atoms with van der Waals surface area (Å²) in [5, 5.41) is 9.39. The number of aromatic carboxylic acids is 1. The molecule has 0 aliphatic carbocycles. The zero-order valence-electron chi connectivity index (χ0n) is 17.9. The van der Waals surface area contributed by atoms with Crippen molar-refractivity contribution in [3.63, 3.8) is 0 Å². The quantitative estimate of drug-likeness (QED) is 0.574. The number of ether oxygens (including phenoxy) is 2. The van der Waals surface area contributed by atoms with E-state index in [1.807, 2.05) is 4.90 Å². The number of carboxylic acids is 1. The van der Waals surface area contributed by atoms with E-state index < -0.39 is 16.0 Å². The van der Waals surface area contributed by atoms with Gasteiger partial charge >= 0.3 is 11.9 Å². The van der Waals surface area contributed by atoms with Crippen molar-refractivity contribution < 1.29 is 32.6 Å². The highest BCUT2D eigenvalue weighted by atomic mass is 32.2. The molecule has 0 spiro atoms. The maximum absolute atomic E-state index is 13.0. The van der Waals surface area contributed by atoms with Gasteiger partial charge in [0.1, 0.15) is 5.75 Å². The molecule has 0 amide bonds. The highest BCUT2D eigenvalue weighted by molar-refractivity contribution is 7.92. The van der Waals surface area contributed by atoms with Gasteiger partial charge in [0.05, 0.1) is 41.5 Å². The van der Waals surface area contributed by atoms with Crippen LogP contribution in [-0.4, -0.2) is 52.3 Å². The van der Waals surface area contributed by atoms with E-state index in [0.717, 1.165) is 6.42 Å². The molecule has 9 nitrogen and oxygen atoms in total. The van der Waals surface area contributed by atoms with Crippen LogP contribution in [0, 0.1) is 5.92 Å². The minimum atomic E-state index is -4.00.